The molecule has 0 aliphatic heterocycles. The largest absolute Gasteiger partial charge is 0.413 e. The van der Waals surface area contributed by atoms with Crippen molar-refractivity contribution in [1.29, 1.82) is 0 Å². The summed E-state index contributed by atoms with van der Waals surface area (Å²) in [7, 11) is 0. The number of nitrogens with one attached hydrogen (secondary N) is 1. The smallest absolute Gasteiger partial charge is 0.292 e. The van der Waals surface area contributed by atoms with Gasteiger partial charge in [0.05, 0.1) is 6.04 Å². The molecule has 1 unspecified atom stereocenters. The lowest BCUT2D eigenvalue weighted by Crippen LogP contribution is -2.26. The molecule has 1 atom stereocenters. The summed E-state index contributed by atoms with van der Waals surface area (Å²) < 4.78 is 36.3. The Labute approximate surface area is 110 Å². The molecule has 0 radical (unpaired) electrons. The second-order valence-electron chi connectivity index (χ2n) is 3.41. The van der Waals surface area contributed by atoms with E-state index in [1.807, 2.05) is 0 Å². The number of hydrogen-bond acceptors (Lipinski definition) is 2. The first-order chi connectivity index (χ1) is 7.79. The summed E-state index contributed by atoms with van der Waals surface area (Å²) in [6.45, 7) is 0.316. The Morgan fingerprint density at radius 3 is 2.65 bits per heavy atom. The van der Waals surface area contributed by atoms with Gasteiger partial charge in [-0.1, -0.05) is 33.6 Å². The van der Waals surface area contributed by atoms with Crippen LogP contribution in [0.3, 0.4) is 0 Å². The van der Waals surface area contributed by atoms with Crippen LogP contribution in [0.4, 0.5) is 13.2 Å². The van der Waals surface area contributed by atoms with Gasteiger partial charge in [0.2, 0.25) is 0 Å². The average Bonchev–Trinajstić information content (AvgIpc) is 2.15. The van der Waals surface area contributed by atoms with Crippen molar-refractivity contribution in [3.05, 3.63) is 33.3 Å². The van der Waals surface area contributed by atoms with E-state index in [-0.39, 0.29) is 0 Å². The van der Waals surface area contributed by atoms with Crippen LogP contribution in [0.2, 0.25) is 5.02 Å². The van der Waals surface area contributed by atoms with Gasteiger partial charge in [-0.2, -0.15) is 18.7 Å². The predicted molar refractivity (Wildman–Crippen MR) is 62.7 cm³/mol. The van der Waals surface area contributed by atoms with Crippen molar-refractivity contribution in [2.24, 2.45) is 0 Å². The fourth-order valence-corrected chi connectivity index (χ4v) is 2.00. The zero-order valence-corrected chi connectivity index (χ0v) is 11.2. The summed E-state index contributed by atoms with van der Waals surface area (Å²) >= 11 is 9.18. The first-order valence-corrected chi connectivity index (χ1v) is 5.85. The zero-order valence-electron chi connectivity index (χ0n) is 8.81. The van der Waals surface area contributed by atoms with E-state index in [0.717, 1.165) is 4.47 Å². The molecule has 0 aromatic heterocycles. The van der Waals surface area contributed by atoms with E-state index in [1.165, 1.54) is 0 Å². The molecule has 0 aliphatic rings. The van der Waals surface area contributed by atoms with Gasteiger partial charge < -0.3 is 0 Å². The highest BCUT2D eigenvalue weighted by atomic mass is 79.9. The molecule has 2 nitrogen and oxygen atoms in total. The van der Waals surface area contributed by atoms with E-state index < -0.39 is 18.8 Å². The number of rotatable bonds is 4. The van der Waals surface area contributed by atoms with Crippen molar-refractivity contribution < 1.29 is 18.0 Å². The molecule has 0 spiro atoms. The Kier molecular flexibility index (Phi) is 5.24. The lowest BCUT2D eigenvalue weighted by Gasteiger charge is -2.16. The summed E-state index contributed by atoms with van der Waals surface area (Å²) in [5.74, 6) is 0. The maximum Gasteiger partial charge on any atom is 0.413 e. The molecule has 0 bridgehead atoms. The number of halogens is 5. The third-order valence-electron chi connectivity index (χ3n) is 1.92. The normalized spacial score (nSPS) is 13.8. The molecule has 0 saturated carbocycles. The Balaban J connectivity index is 2.55. The number of benzene rings is 1. The van der Waals surface area contributed by atoms with E-state index in [2.05, 4.69) is 26.2 Å². The van der Waals surface area contributed by atoms with E-state index in [9.17, 15) is 13.2 Å². The maximum absolute atomic E-state index is 11.8. The highest BCUT2D eigenvalue weighted by Crippen LogP contribution is 2.26. The van der Waals surface area contributed by atoms with Crippen LogP contribution in [0.1, 0.15) is 18.5 Å². The van der Waals surface area contributed by atoms with Gasteiger partial charge in [-0.3, -0.25) is 4.84 Å². The SMILES string of the molecule is CC(NOCC(F)(F)F)c1ccc(Br)cc1Cl. The summed E-state index contributed by atoms with van der Waals surface area (Å²) in [6.07, 6.45) is -4.35. The van der Waals surface area contributed by atoms with Gasteiger partial charge in [-0.25, -0.2) is 0 Å². The summed E-state index contributed by atoms with van der Waals surface area (Å²) in [4.78, 5) is 4.35. The molecule has 17 heavy (non-hydrogen) atoms. The first-order valence-electron chi connectivity index (χ1n) is 4.68. The third-order valence-corrected chi connectivity index (χ3v) is 2.75. The summed E-state index contributed by atoms with van der Waals surface area (Å²) in [5.41, 5.74) is 2.96. The van der Waals surface area contributed by atoms with Gasteiger partial charge in [-0.15, -0.1) is 0 Å². The molecule has 7 heteroatoms. The van der Waals surface area contributed by atoms with Crippen LogP contribution >= 0.6 is 27.5 Å². The summed E-state index contributed by atoms with van der Waals surface area (Å²) in [6, 6.07) is 4.70. The van der Waals surface area contributed by atoms with Gasteiger partial charge in [-0.05, 0) is 24.6 Å². The second-order valence-corrected chi connectivity index (χ2v) is 4.73. The van der Waals surface area contributed by atoms with Gasteiger partial charge in [0.25, 0.3) is 0 Å². The first kappa shape index (κ1) is 14.8. The molecule has 1 N–H and O–H groups in total. The van der Waals surface area contributed by atoms with Gasteiger partial charge >= 0.3 is 6.18 Å². The van der Waals surface area contributed by atoms with Gasteiger partial charge in [0.1, 0.15) is 0 Å². The molecule has 1 aromatic carbocycles. The Morgan fingerprint density at radius 2 is 2.12 bits per heavy atom. The van der Waals surface area contributed by atoms with Gasteiger partial charge in [0.15, 0.2) is 6.61 Å². The van der Waals surface area contributed by atoms with Crippen LogP contribution < -0.4 is 5.48 Å². The number of alkyl halides is 3. The molecule has 0 aliphatic carbocycles. The molecular formula is C10H10BrClF3NO. The topological polar surface area (TPSA) is 21.3 Å². The fourth-order valence-electron chi connectivity index (χ4n) is 1.16. The van der Waals surface area contributed by atoms with Crippen molar-refractivity contribution in [3.63, 3.8) is 0 Å². The van der Waals surface area contributed by atoms with Crippen LogP contribution in [0.15, 0.2) is 22.7 Å². The quantitative estimate of drug-likeness (QED) is 0.832. The second kappa shape index (κ2) is 6.04. The molecule has 1 aromatic rings. The number of hydrogen-bond donors (Lipinski definition) is 1. The molecule has 0 saturated heterocycles. The molecule has 0 heterocycles. The van der Waals surface area contributed by atoms with Crippen molar-refractivity contribution >= 4 is 27.5 Å². The molecule has 1 rings (SSSR count). The fraction of sp³-hybridized carbons (Fsp3) is 0.400. The predicted octanol–water partition coefficient (Wildman–Crippen LogP) is 4.25. The Hall–Kier alpha value is -0.300. The molecule has 0 amide bonds. The molecule has 0 fully saturated rings. The van der Waals surface area contributed by atoms with Crippen LogP contribution in [-0.2, 0) is 4.84 Å². The van der Waals surface area contributed by atoms with Crippen LogP contribution in [0.25, 0.3) is 0 Å². The van der Waals surface area contributed by atoms with Crippen LogP contribution in [0, 0.1) is 0 Å². The monoisotopic (exact) mass is 331 g/mol. The van der Waals surface area contributed by atoms with Crippen molar-refractivity contribution in [3.8, 4) is 0 Å². The average molecular weight is 333 g/mol. The minimum Gasteiger partial charge on any atom is -0.292 e. The Morgan fingerprint density at radius 1 is 1.47 bits per heavy atom. The van der Waals surface area contributed by atoms with E-state index in [1.54, 1.807) is 25.1 Å². The van der Waals surface area contributed by atoms with E-state index in [0.29, 0.717) is 10.6 Å². The standard InChI is InChI=1S/C10H10BrClF3NO/c1-6(16-17-5-10(13,14)15)8-3-2-7(11)4-9(8)12/h2-4,6,16H,5H2,1H3. The summed E-state index contributed by atoms with van der Waals surface area (Å²) in [5, 5.41) is 0.454. The third kappa shape index (κ3) is 5.25. The van der Waals surface area contributed by atoms with Crippen LogP contribution in [-0.4, -0.2) is 12.8 Å². The minimum atomic E-state index is -4.35. The minimum absolute atomic E-state index is 0.432. The van der Waals surface area contributed by atoms with Crippen molar-refractivity contribution in [1.82, 2.24) is 5.48 Å². The van der Waals surface area contributed by atoms with Crippen molar-refractivity contribution in [2.45, 2.75) is 19.1 Å². The van der Waals surface area contributed by atoms with E-state index >= 15 is 0 Å². The Bertz CT molecular complexity index is 386. The van der Waals surface area contributed by atoms with Crippen LogP contribution in [0.5, 0.6) is 0 Å². The lowest BCUT2D eigenvalue weighted by molar-refractivity contribution is -0.192. The van der Waals surface area contributed by atoms with Crippen molar-refractivity contribution in [2.75, 3.05) is 6.61 Å². The lowest BCUT2D eigenvalue weighted by atomic mass is 10.1. The molecular weight excluding hydrogens is 322 g/mol. The highest BCUT2D eigenvalue weighted by molar-refractivity contribution is 9.10. The highest BCUT2D eigenvalue weighted by Gasteiger charge is 2.28. The number of hydroxylamine groups is 1. The maximum atomic E-state index is 11.8. The zero-order chi connectivity index (χ0) is 13.1. The van der Waals surface area contributed by atoms with Gasteiger partial charge in [0, 0.05) is 9.50 Å². The molecule has 96 valence electrons. The van der Waals surface area contributed by atoms with E-state index in [4.69, 9.17) is 11.6 Å².